The van der Waals surface area contributed by atoms with E-state index in [-0.39, 0.29) is 40.7 Å². The smallest absolute Gasteiger partial charge is 0.317 e. The van der Waals surface area contributed by atoms with Crippen molar-refractivity contribution in [1.29, 1.82) is 0 Å². The number of nitrogens with zero attached hydrogens (tertiary/aromatic N) is 2. The minimum Gasteiger partial charge on any atom is -0.461 e. The summed E-state index contributed by atoms with van der Waals surface area (Å²) >= 11 is 6.16. The molecule has 0 saturated heterocycles. The number of rotatable bonds is 6. The van der Waals surface area contributed by atoms with Gasteiger partial charge in [0.15, 0.2) is 0 Å². The molecule has 33 heavy (non-hydrogen) atoms. The number of hydrogen-bond acceptors (Lipinski definition) is 5. The fraction of sp³-hybridized carbons (Fsp3) is 0.333. The van der Waals surface area contributed by atoms with Crippen molar-refractivity contribution in [2.75, 3.05) is 5.32 Å². The molecule has 9 heteroatoms. The summed E-state index contributed by atoms with van der Waals surface area (Å²) in [5, 5.41) is 5.99. The molecule has 0 unspecified atom stereocenters. The van der Waals surface area contributed by atoms with Crippen LogP contribution in [0.5, 0.6) is 6.01 Å². The molecule has 0 bridgehead atoms. The zero-order valence-electron chi connectivity index (χ0n) is 19.1. The van der Waals surface area contributed by atoms with Crippen molar-refractivity contribution < 1.29 is 18.7 Å². The summed E-state index contributed by atoms with van der Waals surface area (Å²) in [6.07, 6.45) is 1.46. The van der Waals surface area contributed by atoms with Gasteiger partial charge in [-0.1, -0.05) is 50.6 Å². The van der Waals surface area contributed by atoms with Gasteiger partial charge in [-0.05, 0) is 26.0 Å². The molecule has 0 saturated carbocycles. The van der Waals surface area contributed by atoms with Crippen LogP contribution >= 0.6 is 11.6 Å². The van der Waals surface area contributed by atoms with E-state index in [0.29, 0.717) is 16.6 Å². The highest BCUT2D eigenvalue weighted by atomic mass is 35.5. The summed E-state index contributed by atoms with van der Waals surface area (Å²) in [5.41, 5.74) is 0.00762. The number of anilines is 1. The predicted octanol–water partition coefficient (Wildman–Crippen LogP) is 5.12. The van der Waals surface area contributed by atoms with Crippen LogP contribution in [-0.4, -0.2) is 27.9 Å². The highest BCUT2D eigenvalue weighted by Crippen LogP contribution is 2.27. The van der Waals surface area contributed by atoms with Crippen molar-refractivity contribution in [2.45, 2.75) is 47.3 Å². The molecule has 1 aromatic heterocycles. The van der Waals surface area contributed by atoms with Gasteiger partial charge < -0.3 is 15.4 Å². The molecule has 0 atom stereocenters. The number of nitrogens with one attached hydrogen (secondary N) is 2. The van der Waals surface area contributed by atoms with E-state index in [1.165, 1.54) is 12.1 Å². The minimum atomic E-state index is -0.798. The van der Waals surface area contributed by atoms with Gasteiger partial charge in [-0.2, -0.15) is 4.98 Å². The molecular weight excluding hydrogens is 447 g/mol. The highest BCUT2D eigenvalue weighted by Gasteiger charge is 2.23. The molecule has 174 valence electrons. The van der Waals surface area contributed by atoms with Gasteiger partial charge in [-0.15, -0.1) is 0 Å². The van der Waals surface area contributed by atoms with Crippen LogP contribution in [0.4, 0.5) is 10.1 Å². The van der Waals surface area contributed by atoms with E-state index in [1.54, 1.807) is 45.2 Å². The van der Waals surface area contributed by atoms with E-state index in [4.69, 9.17) is 16.3 Å². The number of ether oxygens (including phenoxy) is 1. The maximum Gasteiger partial charge on any atom is 0.317 e. The third kappa shape index (κ3) is 5.76. The topological polar surface area (TPSA) is 93.2 Å². The van der Waals surface area contributed by atoms with Gasteiger partial charge in [-0.3, -0.25) is 9.59 Å². The molecule has 2 aromatic carbocycles. The molecule has 7 nitrogen and oxygen atoms in total. The largest absolute Gasteiger partial charge is 0.461 e. The molecule has 1 heterocycles. The van der Waals surface area contributed by atoms with E-state index in [1.807, 2.05) is 13.8 Å². The molecule has 0 spiro atoms. The Hall–Kier alpha value is -3.26. The van der Waals surface area contributed by atoms with Gasteiger partial charge in [0.2, 0.25) is 5.91 Å². The number of aromatic nitrogens is 2. The lowest BCUT2D eigenvalue weighted by atomic mass is 9.95. The van der Waals surface area contributed by atoms with Crippen molar-refractivity contribution in [1.82, 2.24) is 15.3 Å². The first-order chi connectivity index (χ1) is 15.5. The zero-order valence-corrected chi connectivity index (χ0v) is 19.9. The number of carbonyl (C=O) groups is 2. The molecule has 0 aliphatic heterocycles. The fourth-order valence-corrected chi connectivity index (χ4v) is 3.21. The van der Waals surface area contributed by atoms with Gasteiger partial charge in [0.1, 0.15) is 11.3 Å². The standard InChI is InChI=1S/C24H26ClFN4O3/c1-13(2)33-23-28-12-15-7-6-8-17(20(15)30-23)29-21(31)18-16(25)10-9-14(19(18)26)11-27-22(32)24(3,4)5/h6-10,12-13H,11H2,1-5H3,(H,27,32)(H,29,31). The normalized spacial score (nSPS) is 11.5. The minimum absolute atomic E-state index is 0.0467. The van der Waals surface area contributed by atoms with Crippen LogP contribution in [-0.2, 0) is 11.3 Å². The van der Waals surface area contributed by atoms with Gasteiger partial charge in [0.25, 0.3) is 5.91 Å². The molecule has 0 aliphatic rings. The van der Waals surface area contributed by atoms with Crippen molar-refractivity contribution in [3.05, 3.63) is 58.5 Å². The van der Waals surface area contributed by atoms with Crippen LogP contribution in [0.1, 0.15) is 50.5 Å². The van der Waals surface area contributed by atoms with Crippen molar-refractivity contribution in [3.8, 4) is 6.01 Å². The maximum atomic E-state index is 15.2. The number of para-hydroxylation sites is 1. The Morgan fingerprint density at radius 3 is 2.58 bits per heavy atom. The number of halogens is 2. The lowest BCUT2D eigenvalue weighted by Crippen LogP contribution is -2.34. The number of benzene rings is 2. The lowest BCUT2D eigenvalue weighted by molar-refractivity contribution is -0.128. The summed E-state index contributed by atoms with van der Waals surface area (Å²) < 4.78 is 20.8. The van der Waals surface area contributed by atoms with E-state index in [2.05, 4.69) is 20.6 Å². The molecule has 2 amide bonds. The Morgan fingerprint density at radius 2 is 1.91 bits per heavy atom. The third-order valence-corrected chi connectivity index (χ3v) is 5.01. The van der Waals surface area contributed by atoms with Gasteiger partial charge in [0.05, 0.1) is 22.4 Å². The Kier molecular flexibility index (Phi) is 7.17. The fourth-order valence-electron chi connectivity index (χ4n) is 2.97. The number of amides is 2. The Balaban J connectivity index is 1.90. The van der Waals surface area contributed by atoms with Crippen LogP contribution in [0.15, 0.2) is 36.5 Å². The van der Waals surface area contributed by atoms with Gasteiger partial charge >= 0.3 is 6.01 Å². The monoisotopic (exact) mass is 472 g/mol. The molecule has 3 aromatic rings. The second-order valence-electron chi connectivity index (χ2n) is 8.84. The number of hydrogen-bond donors (Lipinski definition) is 2. The van der Waals surface area contributed by atoms with Crippen LogP contribution in [0.25, 0.3) is 10.9 Å². The Morgan fingerprint density at radius 1 is 1.18 bits per heavy atom. The quantitative estimate of drug-likeness (QED) is 0.519. The molecule has 0 aliphatic carbocycles. The molecular formula is C24H26ClFN4O3. The Bertz CT molecular complexity index is 1210. The van der Waals surface area contributed by atoms with Crippen molar-refractivity contribution in [3.63, 3.8) is 0 Å². The SMILES string of the molecule is CC(C)Oc1ncc2cccc(NC(=O)c3c(Cl)ccc(CNC(=O)C(C)(C)C)c3F)c2n1. The zero-order chi connectivity index (χ0) is 24.3. The van der Waals surface area contributed by atoms with Crippen LogP contribution in [0.2, 0.25) is 5.02 Å². The summed E-state index contributed by atoms with van der Waals surface area (Å²) in [6.45, 7) is 8.89. The average Bonchev–Trinajstić information content (AvgIpc) is 2.72. The van der Waals surface area contributed by atoms with E-state index < -0.39 is 17.1 Å². The van der Waals surface area contributed by atoms with Gasteiger partial charge in [-0.25, -0.2) is 9.37 Å². The van der Waals surface area contributed by atoms with Crippen LogP contribution < -0.4 is 15.4 Å². The molecule has 0 fully saturated rings. The molecule has 3 rings (SSSR count). The maximum absolute atomic E-state index is 15.2. The summed E-state index contributed by atoms with van der Waals surface area (Å²) in [5.74, 6) is -1.77. The first-order valence-electron chi connectivity index (χ1n) is 10.5. The summed E-state index contributed by atoms with van der Waals surface area (Å²) in [4.78, 5) is 33.7. The molecule has 2 N–H and O–H groups in total. The second kappa shape index (κ2) is 9.70. The highest BCUT2D eigenvalue weighted by molar-refractivity contribution is 6.34. The Labute approximate surface area is 196 Å². The number of fused-ring (bicyclic) bond motifs is 1. The van der Waals surface area contributed by atoms with Gasteiger partial charge in [0, 0.05) is 29.1 Å². The van der Waals surface area contributed by atoms with Crippen molar-refractivity contribution >= 4 is 40.0 Å². The van der Waals surface area contributed by atoms with E-state index >= 15 is 4.39 Å². The predicted molar refractivity (Wildman–Crippen MR) is 126 cm³/mol. The van der Waals surface area contributed by atoms with Crippen LogP contribution in [0, 0.1) is 11.2 Å². The second-order valence-corrected chi connectivity index (χ2v) is 9.25. The van der Waals surface area contributed by atoms with E-state index in [0.717, 1.165) is 0 Å². The first kappa shape index (κ1) is 24.4. The van der Waals surface area contributed by atoms with E-state index in [9.17, 15) is 9.59 Å². The summed E-state index contributed by atoms with van der Waals surface area (Å²) in [6, 6.07) is 8.19. The lowest BCUT2D eigenvalue weighted by Gasteiger charge is -2.18. The van der Waals surface area contributed by atoms with Crippen molar-refractivity contribution in [2.24, 2.45) is 5.41 Å². The molecule has 0 radical (unpaired) electrons. The average molecular weight is 473 g/mol. The van der Waals surface area contributed by atoms with Crippen LogP contribution in [0.3, 0.4) is 0 Å². The number of carbonyl (C=O) groups excluding carboxylic acids is 2. The first-order valence-corrected chi connectivity index (χ1v) is 10.8. The summed E-state index contributed by atoms with van der Waals surface area (Å²) in [7, 11) is 0. The third-order valence-electron chi connectivity index (χ3n) is 4.70.